The van der Waals surface area contributed by atoms with Crippen molar-refractivity contribution >= 4 is 11.6 Å². The van der Waals surface area contributed by atoms with Gasteiger partial charge in [-0.25, -0.2) is 0 Å². The smallest absolute Gasteiger partial charge is 0.274 e. The monoisotopic (exact) mass is 341 g/mol. The van der Waals surface area contributed by atoms with E-state index in [0.29, 0.717) is 12.2 Å². The van der Waals surface area contributed by atoms with Crippen LogP contribution < -0.4 is 5.32 Å². The molecule has 1 atom stereocenters. The summed E-state index contributed by atoms with van der Waals surface area (Å²) >= 11 is 0. The first-order valence-electron chi connectivity index (χ1n) is 8.79. The van der Waals surface area contributed by atoms with Crippen molar-refractivity contribution in [2.45, 2.75) is 45.4 Å². The van der Waals surface area contributed by atoms with Gasteiger partial charge in [0, 0.05) is 54.2 Å². The van der Waals surface area contributed by atoms with Gasteiger partial charge in [0.25, 0.3) is 5.91 Å². The van der Waals surface area contributed by atoms with Crippen LogP contribution in [0.5, 0.6) is 0 Å². The van der Waals surface area contributed by atoms with Crippen molar-refractivity contribution in [1.29, 1.82) is 0 Å². The number of nitrogens with one attached hydrogen (secondary N) is 2. The Balaban J connectivity index is 1.73. The van der Waals surface area contributed by atoms with Gasteiger partial charge in [0.2, 0.25) is 0 Å². The van der Waals surface area contributed by atoms with E-state index in [9.17, 15) is 4.79 Å². The number of aromatic nitrogens is 3. The number of likely N-dealkylation sites (tertiary alicyclic amines) is 1. The van der Waals surface area contributed by atoms with Crippen LogP contribution in [-0.2, 0) is 5.41 Å². The molecule has 134 valence electrons. The maximum Gasteiger partial charge on any atom is 0.274 e. The zero-order chi connectivity index (χ0) is 18.2. The van der Waals surface area contributed by atoms with Crippen molar-refractivity contribution in [3.8, 4) is 0 Å². The van der Waals surface area contributed by atoms with E-state index in [1.165, 1.54) is 0 Å². The normalized spacial score (nSPS) is 17.8. The van der Waals surface area contributed by atoms with E-state index >= 15 is 0 Å². The summed E-state index contributed by atoms with van der Waals surface area (Å²) in [5.74, 6) is 0.271. The van der Waals surface area contributed by atoms with Gasteiger partial charge in [0.05, 0.1) is 0 Å². The number of hydrogen-bond acceptors (Lipinski definition) is 4. The summed E-state index contributed by atoms with van der Waals surface area (Å²) in [7, 11) is 1.91. The highest BCUT2D eigenvalue weighted by Gasteiger charge is 2.31. The van der Waals surface area contributed by atoms with E-state index in [0.717, 1.165) is 35.7 Å². The molecule has 3 rings (SSSR count). The average Bonchev–Trinajstić information content (AvgIpc) is 3.22. The summed E-state index contributed by atoms with van der Waals surface area (Å²) in [6.07, 6.45) is 0.932. The van der Waals surface area contributed by atoms with Gasteiger partial charge >= 0.3 is 0 Å². The average molecular weight is 341 g/mol. The van der Waals surface area contributed by atoms with Crippen LogP contribution in [0.3, 0.4) is 0 Å². The second kappa shape index (κ2) is 6.50. The summed E-state index contributed by atoms with van der Waals surface area (Å²) < 4.78 is 0. The first-order chi connectivity index (χ1) is 11.8. The lowest BCUT2D eigenvalue weighted by atomic mass is 9.92. The minimum Gasteiger partial charge on any atom is -0.388 e. The largest absolute Gasteiger partial charge is 0.388 e. The number of aryl methyl sites for hydroxylation is 1. The number of pyridine rings is 1. The molecular weight excluding hydrogens is 314 g/mol. The zero-order valence-corrected chi connectivity index (χ0v) is 15.7. The summed E-state index contributed by atoms with van der Waals surface area (Å²) in [5, 5.41) is 10.4. The molecule has 2 N–H and O–H groups in total. The molecule has 6 heteroatoms. The van der Waals surface area contributed by atoms with Gasteiger partial charge in [-0.05, 0) is 31.5 Å². The molecule has 2 aromatic heterocycles. The third-order valence-corrected chi connectivity index (χ3v) is 4.76. The van der Waals surface area contributed by atoms with E-state index in [4.69, 9.17) is 0 Å². The van der Waals surface area contributed by atoms with Gasteiger partial charge in [0.15, 0.2) is 0 Å². The van der Waals surface area contributed by atoms with Crippen molar-refractivity contribution in [3.05, 3.63) is 41.0 Å². The first kappa shape index (κ1) is 17.5. The first-order valence-corrected chi connectivity index (χ1v) is 8.79. The summed E-state index contributed by atoms with van der Waals surface area (Å²) in [4.78, 5) is 19.3. The molecule has 2 aromatic rings. The van der Waals surface area contributed by atoms with Crippen molar-refractivity contribution in [1.82, 2.24) is 20.1 Å². The molecule has 0 bridgehead atoms. The molecule has 1 amide bonds. The SMILES string of the molecule is CNc1cc(C)nc([C@H]2CCN(C(=O)c3cc(C(C)(C)C)[nH]n3)C2)c1. The Morgan fingerprint density at radius 2 is 2.08 bits per heavy atom. The van der Waals surface area contributed by atoms with E-state index in [2.05, 4.69) is 47.3 Å². The Bertz CT molecular complexity index is 774. The van der Waals surface area contributed by atoms with Gasteiger partial charge in [-0.2, -0.15) is 5.10 Å². The number of nitrogens with zero attached hydrogens (tertiary/aromatic N) is 3. The maximum atomic E-state index is 12.8. The van der Waals surface area contributed by atoms with Crippen molar-refractivity contribution in [3.63, 3.8) is 0 Å². The van der Waals surface area contributed by atoms with E-state index in [-0.39, 0.29) is 17.2 Å². The van der Waals surface area contributed by atoms with Gasteiger partial charge in [-0.1, -0.05) is 20.8 Å². The number of hydrogen-bond donors (Lipinski definition) is 2. The summed E-state index contributed by atoms with van der Waals surface area (Å²) in [5.41, 5.74) is 4.54. The van der Waals surface area contributed by atoms with Crippen molar-refractivity contribution < 1.29 is 4.79 Å². The lowest BCUT2D eigenvalue weighted by Gasteiger charge is -2.16. The highest BCUT2D eigenvalue weighted by molar-refractivity contribution is 5.92. The summed E-state index contributed by atoms with van der Waals surface area (Å²) in [6, 6.07) is 5.98. The lowest BCUT2D eigenvalue weighted by molar-refractivity contribution is 0.0785. The predicted octanol–water partition coefficient (Wildman–Crippen LogP) is 3.08. The molecule has 6 nitrogen and oxygen atoms in total. The van der Waals surface area contributed by atoms with Crippen molar-refractivity contribution in [2.24, 2.45) is 0 Å². The van der Waals surface area contributed by atoms with Crippen LogP contribution in [0.15, 0.2) is 18.2 Å². The molecule has 0 aromatic carbocycles. The molecule has 25 heavy (non-hydrogen) atoms. The number of aromatic amines is 1. The van der Waals surface area contributed by atoms with Crippen LogP contribution in [-0.4, -0.2) is 46.1 Å². The van der Waals surface area contributed by atoms with Crippen LogP contribution in [0.25, 0.3) is 0 Å². The Morgan fingerprint density at radius 3 is 2.72 bits per heavy atom. The van der Waals surface area contributed by atoms with Crippen LogP contribution in [0.4, 0.5) is 5.69 Å². The number of amides is 1. The van der Waals surface area contributed by atoms with Crippen molar-refractivity contribution in [2.75, 3.05) is 25.5 Å². The third-order valence-electron chi connectivity index (χ3n) is 4.76. The van der Waals surface area contributed by atoms with Gasteiger partial charge in [-0.3, -0.25) is 14.9 Å². The number of carbonyl (C=O) groups is 1. The Morgan fingerprint density at radius 1 is 1.32 bits per heavy atom. The highest BCUT2D eigenvalue weighted by Crippen LogP contribution is 2.29. The van der Waals surface area contributed by atoms with E-state index in [1.807, 2.05) is 31.0 Å². The number of carbonyl (C=O) groups excluding carboxylic acids is 1. The molecule has 0 aliphatic carbocycles. The van der Waals surface area contributed by atoms with Gasteiger partial charge in [0.1, 0.15) is 5.69 Å². The Hall–Kier alpha value is -2.37. The number of rotatable bonds is 3. The number of H-pyrrole nitrogens is 1. The molecule has 0 spiro atoms. The zero-order valence-electron chi connectivity index (χ0n) is 15.7. The fourth-order valence-corrected chi connectivity index (χ4v) is 3.21. The topological polar surface area (TPSA) is 73.9 Å². The number of anilines is 1. The molecule has 0 radical (unpaired) electrons. The highest BCUT2D eigenvalue weighted by atomic mass is 16.2. The molecule has 1 aliphatic heterocycles. The minimum absolute atomic E-state index is 0.00394. The third kappa shape index (κ3) is 3.67. The molecule has 0 unspecified atom stereocenters. The van der Waals surface area contributed by atoms with Crippen LogP contribution >= 0.6 is 0 Å². The Kier molecular flexibility index (Phi) is 4.54. The second-order valence-electron chi connectivity index (χ2n) is 7.83. The fraction of sp³-hybridized carbons (Fsp3) is 0.526. The fourth-order valence-electron chi connectivity index (χ4n) is 3.21. The molecule has 1 saturated heterocycles. The van der Waals surface area contributed by atoms with Crippen LogP contribution in [0, 0.1) is 6.92 Å². The molecular formula is C19H27N5O. The van der Waals surface area contributed by atoms with Crippen LogP contribution in [0.1, 0.15) is 60.7 Å². The lowest BCUT2D eigenvalue weighted by Crippen LogP contribution is -2.28. The quantitative estimate of drug-likeness (QED) is 0.900. The molecule has 3 heterocycles. The molecule has 0 saturated carbocycles. The Labute approximate surface area is 149 Å². The van der Waals surface area contributed by atoms with E-state index < -0.39 is 0 Å². The second-order valence-corrected chi connectivity index (χ2v) is 7.83. The van der Waals surface area contributed by atoms with Gasteiger partial charge in [-0.15, -0.1) is 0 Å². The predicted molar refractivity (Wildman–Crippen MR) is 99.1 cm³/mol. The maximum absolute atomic E-state index is 12.8. The molecule has 1 fully saturated rings. The van der Waals surface area contributed by atoms with E-state index in [1.54, 1.807) is 0 Å². The summed E-state index contributed by atoms with van der Waals surface area (Å²) in [6.45, 7) is 9.73. The molecule has 1 aliphatic rings. The standard InChI is InChI=1S/C19H27N5O/c1-12-8-14(20-5)9-15(21-12)13-6-7-24(11-13)18(25)16-10-17(23-22-16)19(2,3)4/h8-10,13H,6-7,11H2,1-5H3,(H,20,21)(H,22,23)/t13-/m0/s1. The van der Waals surface area contributed by atoms with Gasteiger partial charge < -0.3 is 10.2 Å². The minimum atomic E-state index is -0.0475. The van der Waals surface area contributed by atoms with Crippen LogP contribution in [0.2, 0.25) is 0 Å².